The van der Waals surface area contributed by atoms with E-state index in [1.54, 1.807) is 6.21 Å². The molecule has 0 saturated carbocycles. The van der Waals surface area contributed by atoms with Gasteiger partial charge in [-0.05, 0) is 30.0 Å². The van der Waals surface area contributed by atoms with Crippen molar-refractivity contribution in [2.24, 2.45) is 4.99 Å². The molecular formula is C10H18BrN3. The molecule has 0 aliphatic rings. The maximum absolute atomic E-state index is 4.02. The van der Waals surface area contributed by atoms with Gasteiger partial charge < -0.3 is 9.80 Å². The van der Waals surface area contributed by atoms with E-state index in [9.17, 15) is 0 Å². The Balaban J connectivity index is 3.93. The number of halogens is 1. The Labute approximate surface area is 94.9 Å². The third-order valence-electron chi connectivity index (χ3n) is 1.73. The van der Waals surface area contributed by atoms with Crippen LogP contribution in [0.2, 0.25) is 0 Å². The number of aliphatic imine (C=N–C) groups is 1. The average molecular weight is 260 g/mol. The summed E-state index contributed by atoms with van der Waals surface area (Å²) in [6.07, 6.45) is 1.70. The predicted octanol–water partition coefficient (Wildman–Crippen LogP) is 1.93. The van der Waals surface area contributed by atoms with Crippen molar-refractivity contribution in [3.05, 3.63) is 23.5 Å². The van der Waals surface area contributed by atoms with E-state index in [2.05, 4.69) is 43.9 Å². The summed E-state index contributed by atoms with van der Waals surface area (Å²) in [6.45, 7) is 9.45. The lowest BCUT2D eigenvalue weighted by Crippen LogP contribution is -2.28. The molecule has 0 bridgehead atoms. The van der Waals surface area contributed by atoms with Gasteiger partial charge in [-0.2, -0.15) is 0 Å². The highest BCUT2D eigenvalue weighted by Gasteiger charge is 1.99. The van der Waals surface area contributed by atoms with Gasteiger partial charge in [0.2, 0.25) is 0 Å². The highest BCUT2D eigenvalue weighted by molar-refractivity contribution is 9.11. The maximum atomic E-state index is 4.02. The van der Waals surface area contributed by atoms with Gasteiger partial charge in [0.05, 0.1) is 10.8 Å². The van der Waals surface area contributed by atoms with Crippen LogP contribution in [0.3, 0.4) is 0 Å². The first-order chi connectivity index (χ1) is 6.43. The van der Waals surface area contributed by atoms with E-state index in [-0.39, 0.29) is 0 Å². The van der Waals surface area contributed by atoms with E-state index in [1.165, 1.54) is 0 Å². The van der Waals surface area contributed by atoms with Crippen LogP contribution in [0, 0.1) is 0 Å². The molecule has 0 amide bonds. The second kappa shape index (κ2) is 6.79. The molecule has 3 nitrogen and oxygen atoms in total. The lowest BCUT2D eigenvalue weighted by molar-refractivity contribution is 0.335. The van der Waals surface area contributed by atoms with Gasteiger partial charge in [-0.15, -0.1) is 0 Å². The van der Waals surface area contributed by atoms with Crippen LogP contribution in [0.15, 0.2) is 28.5 Å². The molecule has 0 fully saturated rings. The molecule has 0 N–H and O–H groups in total. The Kier molecular flexibility index (Phi) is 6.49. The van der Waals surface area contributed by atoms with Crippen molar-refractivity contribution >= 4 is 22.1 Å². The first-order valence-electron chi connectivity index (χ1n) is 4.36. The summed E-state index contributed by atoms with van der Waals surface area (Å²) in [5, 5.41) is 0. The molecule has 0 aromatic carbocycles. The van der Waals surface area contributed by atoms with Gasteiger partial charge in [0.15, 0.2) is 0 Å². The molecule has 0 rings (SSSR count). The Bertz CT molecular complexity index is 234. The fourth-order valence-corrected chi connectivity index (χ4v) is 0.839. The molecule has 0 heterocycles. The molecule has 0 aromatic heterocycles. The molecule has 0 saturated heterocycles. The van der Waals surface area contributed by atoms with Crippen molar-refractivity contribution < 1.29 is 0 Å². The Morgan fingerprint density at radius 3 is 2.29 bits per heavy atom. The van der Waals surface area contributed by atoms with Crippen LogP contribution in [0.5, 0.6) is 0 Å². The molecule has 0 unspecified atom stereocenters. The molecule has 0 radical (unpaired) electrons. The van der Waals surface area contributed by atoms with E-state index < -0.39 is 0 Å². The zero-order valence-electron chi connectivity index (χ0n) is 9.13. The summed E-state index contributed by atoms with van der Waals surface area (Å²) in [7, 11) is 6.09. The van der Waals surface area contributed by atoms with Crippen molar-refractivity contribution in [3.63, 3.8) is 0 Å². The van der Waals surface area contributed by atoms with Crippen LogP contribution in [0.1, 0.15) is 0 Å². The summed E-state index contributed by atoms with van der Waals surface area (Å²) in [5.74, 6) is 0. The summed E-state index contributed by atoms with van der Waals surface area (Å²) < 4.78 is 0.611. The van der Waals surface area contributed by atoms with Crippen molar-refractivity contribution in [1.82, 2.24) is 9.80 Å². The third-order valence-corrected chi connectivity index (χ3v) is 1.93. The summed E-state index contributed by atoms with van der Waals surface area (Å²) in [6, 6.07) is 0. The molecule has 0 aliphatic carbocycles. The molecule has 80 valence electrons. The van der Waals surface area contributed by atoms with Gasteiger partial charge in [0.25, 0.3) is 0 Å². The zero-order valence-corrected chi connectivity index (χ0v) is 10.7. The van der Waals surface area contributed by atoms with E-state index in [4.69, 9.17) is 0 Å². The van der Waals surface area contributed by atoms with Gasteiger partial charge in [-0.1, -0.05) is 13.2 Å². The average Bonchev–Trinajstić information content (AvgIpc) is 2.09. The van der Waals surface area contributed by atoms with E-state index in [0.717, 1.165) is 18.8 Å². The summed E-state index contributed by atoms with van der Waals surface area (Å²) >= 11 is 3.15. The standard InChI is InChI=1S/C10H18BrN3/c1-9(8-12-10(2)11)14(5)7-6-13(3)4/h8H,1-2,6-7H2,3-5H3/b12-8-. The van der Waals surface area contributed by atoms with Crippen LogP contribution in [0.25, 0.3) is 0 Å². The number of allylic oxidation sites excluding steroid dienone is 1. The normalized spacial score (nSPS) is 10.9. The largest absolute Gasteiger partial charge is 0.373 e. The van der Waals surface area contributed by atoms with Crippen LogP contribution < -0.4 is 0 Å². The molecular weight excluding hydrogens is 242 g/mol. The Morgan fingerprint density at radius 2 is 1.86 bits per heavy atom. The van der Waals surface area contributed by atoms with Crippen LogP contribution in [-0.4, -0.2) is 50.2 Å². The highest BCUT2D eigenvalue weighted by atomic mass is 79.9. The van der Waals surface area contributed by atoms with Crippen molar-refractivity contribution in [3.8, 4) is 0 Å². The molecule has 0 atom stereocenters. The maximum Gasteiger partial charge on any atom is 0.0985 e. The SMILES string of the molecule is C=C(Br)/N=C\C(=C)N(C)CCN(C)C. The predicted molar refractivity (Wildman–Crippen MR) is 66.9 cm³/mol. The number of hydrogen-bond acceptors (Lipinski definition) is 3. The molecule has 0 aliphatic heterocycles. The molecule has 4 heteroatoms. The highest BCUT2D eigenvalue weighted by Crippen LogP contribution is 2.02. The van der Waals surface area contributed by atoms with Gasteiger partial charge in [0.1, 0.15) is 0 Å². The quantitative estimate of drug-likeness (QED) is 0.537. The van der Waals surface area contributed by atoms with Gasteiger partial charge in [0, 0.05) is 25.8 Å². The number of likely N-dealkylation sites (N-methyl/N-ethyl adjacent to an activating group) is 2. The monoisotopic (exact) mass is 259 g/mol. The Morgan fingerprint density at radius 1 is 1.29 bits per heavy atom. The fourth-order valence-electron chi connectivity index (χ4n) is 0.737. The van der Waals surface area contributed by atoms with Crippen LogP contribution in [-0.2, 0) is 0 Å². The molecule has 14 heavy (non-hydrogen) atoms. The second-order valence-corrected chi connectivity index (χ2v) is 4.27. The number of nitrogens with zero attached hydrogens (tertiary/aromatic N) is 3. The lowest BCUT2D eigenvalue weighted by Gasteiger charge is -2.21. The van der Waals surface area contributed by atoms with Crippen molar-refractivity contribution in [2.75, 3.05) is 34.2 Å². The van der Waals surface area contributed by atoms with Gasteiger partial charge in [-0.25, -0.2) is 4.99 Å². The number of hydrogen-bond donors (Lipinski definition) is 0. The van der Waals surface area contributed by atoms with Gasteiger partial charge >= 0.3 is 0 Å². The van der Waals surface area contributed by atoms with E-state index >= 15 is 0 Å². The Hall–Kier alpha value is -0.610. The first-order valence-corrected chi connectivity index (χ1v) is 5.16. The molecule has 0 spiro atoms. The minimum absolute atomic E-state index is 0.611. The topological polar surface area (TPSA) is 18.8 Å². The second-order valence-electron chi connectivity index (χ2n) is 3.35. The summed E-state index contributed by atoms with van der Waals surface area (Å²) in [5.41, 5.74) is 0.882. The van der Waals surface area contributed by atoms with Crippen molar-refractivity contribution in [2.45, 2.75) is 0 Å². The first kappa shape index (κ1) is 13.4. The van der Waals surface area contributed by atoms with Crippen LogP contribution >= 0.6 is 15.9 Å². The van der Waals surface area contributed by atoms with Gasteiger partial charge in [-0.3, -0.25) is 0 Å². The molecule has 0 aromatic rings. The zero-order chi connectivity index (χ0) is 11.1. The number of rotatable bonds is 6. The minimum Gasteiger partial charge on any atom is -0.373 e. The van der Waals surface area contributed by atoms with Crippen molar-refractivity contribution in [1.29, 1.82) is 0 Å². The van der Waals surface area contributed by atoms with Crippen LogP contribution in [0.4, 0.5) is 0 Å². The summed E-state index contributed by atoms with van der Waals surface area (Å²) in [4.78, 5) is 8.20. The van der Waals surface area contributed by atoms with E-state index in [1.807, 2.05) is 21.1 Å². The smallest absolute Gasteiger partial charge is 0.0985 e. The minimum atomic E-state index is 0.611. The third kappa shape index (κ3) is 6.86. The lowest BCUT2D eigenvalue weighted by atomic mass is 10.4. The van der Waals surface area contributed by atoms with E-state index in [0.29, 0.717) is 4.61 Å². The fraction of sp³-hybridized carbons (Fsp3) is 0.500.